The van der Waals surface area contributed by atoms with Gasteiger partial charge in [-0.3, -0.25) is 4.79 Å². The van der Waals surface area contributed by atoms with Crippen molar-refractivity contribution in [3.8, 4) is 0 Å². The van der Waals surface area contributed by atoms with E-state index in [2.05, 4.69) is 10.2 Å². The summed E-state index contributed by atoms with van der Waals surface area (Å²) in [4.78, 5) is 13.5. The summed E-state index contributed by atoms with van der Waals surface area (Å²) in [5, 5.41) is 2.77. The summed E-state index contributed by atoms with van der Waals surface area (Å²) in [7, 11) is 3.99. The first kappa shape index (κ1) is 16.7. The predicted octanol–water partition coefficient (Wildman–Crippen LogP) is -0.239. The number of hydrogen-bond acceptors (Lipinski definition) is 5. The largest absolute Gasteiger partial charge is 0.378 e. The monoisotopic (exact) mass is 263 g/mol. The number of nitrogens with one attached hydrogen (secondary N) is 1. The van der Waals surface area contributed by atoms with Crippen LogP contribution >= 0.6 is 11.8 Å². The first-order valence-corrected chi connectivity index (χ1v) is 7.22. The molecule has 17 heavy (non-hydrogen) atoms. The molecule has 0 spiro atoms. The molecule has 1 atom stereocenters. The van der Waals surface area contributed by atoms with E-state index in [1.54, 1.807) is 11.8 Å². The highest BCUT2D eigenvalue weighted by Gasteiger charge is 2.11. The Balaban J connectivity index is 3.38. The lowest BCUT2D eigenvalue weighted by Crippen LogP contribution is -2.42. The third kappa shape index (κ3) is 10.6. The molecule has 0 aromatic rings. The molecule has 0 unspecified atom stereocenters. The Morgan fingerprint density at radius 2 is 2.18 bits per heavy atom. The Morgan fingerprint density at radius 3 is 2.76 bits per heavy atom. The summed E-state index contributed by atoms with van der Waals surface area (Å²) >= 11 is 1.70. The Labute approximate surface area is 108 Å². The van der Waals surface area contributed by atoms with Crippen molar-refractivity contribution in [1.82, 2.24) is 10.2 Å². The first-order chi connectivity index (χ1) is 8.07. The normalized spacial score (nSPS) is 12.8. The maximum absolute atomic E-state index is 11.5. The Morgan fingerprint density at radius 1 is 1.47 bits per heavy atom. The van der Waals surface area contributed by atoms with E-state index in [1.165, 1.54) is 0 Å². The molecule has 0 aliphatic carbocycles. The highest BCUT2D eigenvalue weighted by atomic mass is 32.2. The minimum absolute atomic E-state index is 0.0877. The summed E-state index contributed by atoms with van der Waals surface area (Å²) in [5.41, 5.74) is 5.71. The number of amides is 1. The van der Waals surface area contributed by atoms with Crippen molar-refractivity contribution in [2.75, 3.05) is 52.4 Å². The van der Waals surface area contributed by atoms with Gasteiger partial charge in [0.25, 0.3) is 0 Å². The van der Waals surface area contributed by atoms with Gasteiger partial charge in [0, 0.05) is 13.1 Å². The fourth-order valence-electron chi connectivity index (χ4n) is 1.10. The van der Waals surface area contributed by atoms with Gasteiger partial charge in [-0.25, -0.2) is 0 Å². The van der Waals surface area contributed by atoms with Crippen molar-refractivity contribution >= 4 is 17.7 Å². The molecule has 0 saturated heterocycles. The molecule has 5 nitrogen and oxygen atoms in total. The number of thioether (sulfide) groups is 1. The van der Waals surface area contributed by atoms with Gasteiger partial charge in [-0.1, -0.05) is 0 Å². The van der Waals surface area contributed by atoms with E-state index < -0.39 is 6.04 Å². The van der Waals surface area contributed by atoms with Crippen LogP contribution in [0.1, 0.15) is 6.42 Å². The molecule has 0 rings (SSSR count). The quantitative estimate of drug-likeness (QED) is 0.533. The van der Waals surface area contributed by atoms with Crippen LogP contribution < -0.4 is 11.1 Å². The van der Waals surface area contributed by atoms with Crippen molar-refractivity contribution in [3.05, 3.63) is 0 Å². The van der Waals surface area contributed by atoms with Crippen molar-refractivity contribution in [2.45, 2.75) is 12.5 Å². The van der Waals surface area contributed by atoms with E-state index in [9.17, 15) is 4.79 Å². The topological polar surface area (TPSA) is 67.6 Å². The summed E-state index contributed by atoms with van der Waals surface area (Å²) in [5.74, 6) is 0.823. The van der Waals surface area contributed by atoms with E-state index in [0.29, 0.717) is 26.2 Å². The zero-order valence-electron chi connectivity index (χ0n) is 11.1. The number of ether oxygens (including phenoxy) is 1. The zero-order chi connectivity index (χ0) is 13.1. The predicted molar refractivity (Wildman–Crippen MR) is 73.4 cm³/mol. The van der Waals surface area contributed by atoms with Crippen LogP contribution in [0.2, 0.25) is 0 Å². The van der Waals surface area contributed by atoms with Crippen molar-refractivity contribution in [2.24, 2.45) is 5.73 Å². The van der Waals surface area contributed by atoms with E-state index in [0.717, 1.165) is 12.3 Å². The highest BCUT2D eigenvalue weighted by molar-refractivity contribution is 7.98. The molecular weight excluding hydrogens is 238 g/mol. The Bertz CT molecular complexity index is 203. The molecule has 0 aliphatic rings. The SMILES string of the molecule is CSCC[C@@H](N)C(=O)NCCOCCN(C)C. The van der Waals surface area contributed by atoms with Gasteiger partial charge in [-0.05, 0) is 32.5 Å². The fourth-order valence-corrected chi connectivity index (χ4v) is 1.59. The molecule has 0 aliphatic heterocycles. The maximum Gasteiger partial charge on any atom is 0.237 e. The van der Waals surface area contributed by atoms with Crippen LogP contribution in [0.5, 0.6) is 0 Å². The number of carbonyl (C=O) groups excluding carboxylic acids is 1. The summed E-state index contributed by atoms with van der Waals surface area (Å²) in [6, 6.07) is -0.399. The minimum Gasteiger partial charge on any atom is -0.378 e. The molecule has 0 heterocycles. The second kappa shape index (κ2) is 10.8. The number of carbonyl (C=O) groups is 1. The van der Waals surface area contributed by atoms with E-state index >= 15 is 0 Å². The minimum atomic E-state index is -0.399. The van der Waals surface area contributed by atoms with E-state index in [4.69, 9.17) is 10.5 Å². The van der Waals surface area contributed by atoms with Crippen LogP contribution in [0.15, 0.2) is 0 Å². The third-order valence-electron chi connectivity index (χ3n) is 2.20. The second-order valence-corrected chi connectivity index (χ2v) is 5.08. The molecular formula is C11H25N3O2S. The van der Waals surface area contributed by atoms with E-state index in [-0.39, 0.29) is 5.91 Å². The van der Waals surface area contributed by atoms with E-state index in [1.807, 2.05) is 20.4 Å². The number of nitrogens with two attached hydrogens (primary N) is 1. The van der Waals surface area contributed by atoms with Gasteiger partial charge in [-0.15, -0.1) is 0 Å². The van der Waals surface area contributed by atoms with Crippen molar-refractivity contribution in [3.63, 3.8) is 0 Å². The van der Waals surface area contributed by atoms with Crippen LogP contribution in [0.4, 0.5) is 0 Å². The lowest BCUT2D eigenvalue weighted by molar-refractivity contribution is -0.122. The first-order valence-electron chi connectivity index (χ1n) is 5.82. The number of hydrogen-bond donors (Lipinski definition) is 2. The Kier molecular flexibility index (Phi) is 10.6. The average molecular weight is 263 g/mol. The molecule has 0 fully saturated rings. The number of rotatable bonds is 10. The number of nitrogens with zero attached hydrogens (tertiary/aromatic N) is 1. The van der Waals surface area contributed by atoms with Crippen LogP contribution in [-0.2, 0) is 9.53 Å². The molecule has 102 valence electrons. The standard InChI is InChI=1S/C11H25N3O2S/c1-14(2)6-8-16-7-5-13-11(15)10(12)4-9-17-3/h10H,4-9,12H2,1-3H3,(H,13,15)/t10-/m1/s1. The van der Waals surface area contributed by atoms with Gasteiger partial charge in [0.15, 0.2) is 0 Å². The highest BCUT2D eigenvalue weighted by Crippen LogP contribution is 1.98. The van der Waals surface area contributed by atoms with Gasteiger partial charge >= 0.3 is 0 Å². The fraction of sp³-hybridized carbons (Fsp3) is 0.909. The molecule has 0 aromatic heterocycles. The van der Waals surface area contributed by atoms with Gasteiger partial charge in [0.2, 0.25) is 5.91 Å². The van der Waals surface area contributed by atoms with Gasteiger partial charge in [0.1, 0.15) is 0 Å². The summed E-state index contributed by atoms with van der Waals surface area (Å²) in [6.45, 7) is 2.64. The van der Waals surface area contributed by atoms with Crippen molar-refractivity contribution in [1.29, 1.82) is 0 Å². The lowest BCUT2D eigenvalue weighted by atomic mass is 10.2. The van der Waals surface area contributed by atoms with Gasteiger partial charge < -0.3 is 20.7 Å². The van der Waals surface area contributed by atoms with Crippen LogP contribution in [0, 0.1) is 0 Å². The van der Waals surface area contributed by atoms with Gasteiger partial charge in [0.05, 0.1) is 19.3 Å². The van der Waals surface area contributed by atoms with Crippen LogP contribution in [-0.4, -0.2) is 69.3 Å². The molecule has 6 heteroatoms. The third-order valence-corrected chi connectivity index (χ3v) is 2.84. The second-order valence-electron chi connectivity index (χ2n) is 4.09. The van der Waals surface area contributed by atoms with Crippen LogP contribution in [0.25, 0.3) is 0 Å². The Hall–Kier alpha value is -0.300. The number of likely N-dealkylation sites (N-methyl/N-ethyl adjacent to an activating group) is 1. The smallest absolute Gasteiger partial charge is 0.237 e. The molecule has 1 amide bonds. The summed E-state index contributed by atoms with van der Waals surface area (Å²) < 4.78 is 5.35. The molecule has 0 bridgehead atoms. The molecule has 0 aromatic carbocycles. The molecule has 0 saturated carbocycles. The molecule has 3 N–H and O–H groups in total. The average Bonchev–Trinajstić information content (AvgIpc) is 2.29. The van der Waals surface area contributed by atoms with Gasteiger partial charge in [-0.2, -0.15) is 11.8 Å². The molecule has 0 radical (unpaired) electrons. The lowest BCUT2D eigenvalue weighted by Gasteiger charge is -2.12. The summed E-state index contributed by atoms with van der Waals surface area (Å²) in [6.07, 6.45) is 2.72. The van der Waals surface area contributed by atoms with Crippen molar-refractivity contribution < 1.29 is 9.53 Å². The van der Waals surface area contributed by atoms with Crippen LogP contribution in [0.3, 0.4) is 0 Å². The maximum atomic E-state index is 11.5. The zero-order valence-corrected chi connectivity index (χ0v) is 11.9.